The lowest BCUT2D eigenvalue weighted by atomic mass is 10.0. The number of aliphatic hydroxyl groups is 2. The van der Waals surface area contributed by atoms with E-state index in [1.54, 1.807) is 0 Å². The van der Waals surface area contributed by atoms with Crippen molar-refractivity contribution in [3.63, 3.8) is 0 Å². The molecule has 0 aliphatic carbocycles. The van der Waals surface area contributed by atoms with Crippen molar-refractivity contribution in [3.8, 4) is 0 Å². The molecule has 0 fully saturated rings. The highest BCUT2D eigenvalue weighted by atomic mass is 16.5. The fraction of sp³-hybridized carbons (Fsp3) is 0.852. The van der Waals surface area contributed by atoms with Gasteiger partial charge in [-0.2, -0.15) is 0 Å². The smallest absolute Gasteiger partial charge is 0.306 e. The lowest BCUT2D eigenvalue weighted by Gasteiger charge is -2.24. The van der Waals surface area contributed by atoms with E-state index in [1.807, 2.05) is 0 Å². The molecule has 0 aromatic heterocycles. The number of hydrogen-bond donors (Lipinski definition) is 3. The fourth-order valence-electron chi connectivity index (χ4n) is 8.03. The third-order valence-corrected chi connectivity index (χ3v) is 12.0. The van der Waals surface area contributed by atoms with Crippen LogP contribution in [0.4, 0.5) is 0 Å². The maximum Gasteiger partial charge on any atom is 0.306 e. The van der Waals surface area contributed by atoms with Crippen LogP contribution in [0, 0.1) is 0 Å². The van der Waals surface area contributed by atoms with Gasteiger partial charge >= 0.3 is 5.97 Å². The van der Waals surface area contributed by atoms with Crippen molar-refractivity contribution in [2.24, 2.45) is 0 Å². The zero-order chi connectivity index (χ0) is 43.8. The summed E-state index contributed by atoms with van der Waals surface area (Å²) in [6, 6.07) is -0.702. The topological polar surface area (TPSA) is 95.9 Å². The highest BCUT2D eigenvalue weighted by molar-refractivity contribution is 5.77. The summed E-state index contributed by atoms with van der Waals surface area (Å²) in [5.41, 5.74) is 0. The molecule has 1 amide bonds. The highest BCUT2D eigenvalue weighted by Crippen LogP contribution is 2.18. The Kier molecular flexibility index (Phi) is 46.6. The van der Waals surface area contributed by atoms with Gasteiger partial charge in [0, 0.05) is 6.42 Å². The number of amides is 1. The Morgan fingerprint density at radius 1 is 0.500 bits per heavy atom. The van der Waals surface area contributed by atoms with Gasteiger partial charge < -0.3 is 20.3 Å². The maximum absolute atomic E-state index is 13.2. The Hall–Kier alpha value is -1.92. The molecule has 0 saturated heterocycles. The molecule has 6 nitrogen and oxygen atoms in total. The first-order chi connectivity index (χ1) is 29.5. The van der Waals surface area contributed by atoms with Crippen LogP contribution in [0.1, 0.15) is 271 Å². The summed E-state index contributed by atoms with van der Waals surface area (Å²) in [4.78, 5) is 26.1. The number of ether oxygens (including phenoxy) is 1. The number of hydrogen-bond acceptors (Lipinski definition) is 5. The van der Waals surface area contributed by atoms with E-state index in [4.69, 9.17) is 4.74 Å². The molecule has 6 heteroatoms. The zero-order valence-corrected chi connectivity index (χ0v) is 40.1. The molecule has 0 heterocycles. The zero-order valence-electron chi connectivity index (χ0n) is 40.1. The summed E-state index contributed by atoms with van der Waals surface area (Å²) in [7, 11) is 0. The standard InChI is InChI=1S/C54H101NO5/c1-4-7-10-13-16-19-22-25-28-31-34-37-40-43-46-52(57)51(49-56)55-53(58)48-50(45-42-39-36-33-30-27-24-21-18-15-12-9-6-3)60-54(59)47-44-41-38-35-32-29-26-23-20-17-14-11-8-5-2/h8,11,17,20,26,29,50-52,56-57H,4-7,9-10,12-16,18-19,21-25,27-28,30-49H2,1-3H3,(H,55,58)/b11-8+,20-17+,29-26+. The van der Waals surface area contributed by atoms with Gasteiger partial charge in [0.2, 0.25) is 5.91 Å². The van der Waals surface area contributed by atoms with E-state index in [0.717, 1.165) is 77.0 Å². The lowest BCUT2D eigenvalue weighted by Crippen LogP contribution is -2.46. The molecule has 0 radical (unpaired) electrons. The molecule has 3 unspecified atom stereocenters. The van der Waals surface area contributed by atoms with Crippen molar-refractivity contribution in [2.75, 3.05) is 6.61 Å². The summed E-state index contributed by atoms with van der Waals surface area (Å²) in [5, 5.41) is 23.8. The molecule has 352 valence electrons. The molecule has 0 aromatic rings. The average molecular weight is 844 g/mol. The Morgan fingerprint density at radius 3 is 1.37 bits per heavy atom. The molecule has 0 aromatic carbocycles. The number of allylic oxidation sites excluding steroid dienone is 6. The van der Waals surface area contributed by atoms with Crippen LogP contribution < -0.4 is 5.32 Å². The summed E-state index contributed by atoms with van der Waals surface area (Å²) >= 11 is 0. The summed E-state index contributed by atoms with van der Waals surface area (Å²) in [6.45, 7) is 6.38. The van der Waals surface area contributed by atoms with Crippen molar-refractivity contribution in [3.05, 3.63) is 36.5 Å². The van der Waals surface area contributed by atoms with Crippen molar-refractivity contribution in [1.82, 2.24) is 5.32 Å². The quantitative estimate of drug-likeness (QED) is 0.0322. The van der Waals surface area contributed by atoms with E-state index >= 15 is 0 Å². The molecule has 3 atom stereocenters. The Morgan fingerprint density at radius 2 is 0.900 bits per heavy atom. The normalized spacial score (nSPS) is 13.5. The minimum Gasteiger partial charge on any atom is -0.462 e. The van der Waals surface area contributed by atoms with Gasteiger partial charge in [0.1, 0.15) is 6.10 Å². The second-order valence-electron chi connectivity index (χ2n) is 17.9. The van der Waals surface area contributed by atoms with Crippen molar-refractivity contribution < 1.29 is 24.5 Å². The van der Waals surface area contributed by atoms with Gasteiger partial charge in [-0.1, -0.05) is 237 Å². The molecule has 0 aliphatic heterocycles. The van der Waals surface area contributed by atoms with Crippen molar-refractivity contribution >= 4 is 11.9 Å². The lowest BCUT2D eigenvalue weighted by molar-refractivity contribution is -0.151. The number of rotatable bonds is 47. The van der Waals surface area contributed by atoms with Gasteiger partial charge in [0.05, 0.1) is 25.2 Å². The SMILES string of the molecule is CC/C=C/C/C=C/C/C=C/CCCCCCC(=O)OC(CCCCCCCCCCCCCCC)CC(=O)NC(CO)C(O)CCCCCCCCCCCCCCCC. The van der Waals surface area contributed by atoms with Crippen molar-refractivity contribution in [2.45, 2.75) is 289 Å². The van der Waals surface area contributed by atoms with Gasteiger partial charge in [-0.3, -0.25) is 9.59 Å². The van der Waals surface area contributed by atoms with Gasteiger partial charge in [-0.15, -0.1) is 0 Å². The molecular formula is C54H101NO5. The molecule has 0 saturated carbocycles. The van der Waals surface area contributed by atoms with Crippen LogP contribution >= 0.6 is 0 Å². The Labute approximate surface area is 373 Å². The van der Waals surface area contributed by atoms with E-state index < -0.39 is 18.2 Å². The number of esters is 1. The molecule has 0 rings (SSSR count). The van der Waals surface area contributed by atoms with E-state index in [-0.39, 0.29) is 24.9 Å². The molecule has 0 spiro atoms. The van der Waals surface area contributed by atoms with Gasteiger partial charge in [-0.05, 0) is 57.8 Å². The predicted molar refractivity (Wildman–Crippen MR) is 259 cm³/mol. The van der Waals surface area contributed by atoms with Crippen LogP contribution in [0.2, 0.25) is 0 Å². The van der Waals surface area contributed by atoms with Gasteiger partial charge in [-0.25, -0.2) is 0 Å². The van der Waals surface area contributed by atoms with Gasteiger partial charge in [0.15, 0.2) is 0 Å². The fourth-order valence-corrected chi connectivity index (χ4v) is 8.03. The third-order valence-electron chi connectivity index (χ3n) is 12.0. The summed E-state index contributed by atoms with van der Waals surface area (Å²) in [6.07, 6.45) is 56.3. The second-order valence-corrected chi connectivity index (χ2v) is 17.9. The first kappa shape index (κ1) is 58.1. The third kappa shape index (κ3) is 42.8. The first-order valence-corrected chi connectivity index (χ1v) is 26.2. The van der Waals surface area contributed by atoms with Gasteiger partial charge in [0.25, 0.3) is 0 Å². The summed E-state index contributed by atoms with van der Waals surface area (Å²) in [5.74, 6) is -0.488. The van der Waals surface area contributed by atoms with E-state index in [9.17, 15) is 19.8 Å². The van der Waals surface area contributed by atoms with Crippen LogP contribution in [0.3, 0.4) is 0 Å². The molecule has 0 aliphatic rings. The Bertz CT molecular complexity index is 993. The van der Waals surface area contributed by atoms with Crippen LogP contribution in [-0.2, 0) is 14.3 Å². The number of unbranched alkanes of at least 4 members (excludes halogenated alkanes) is 29. The number of aliphatic hydroxyl groups excluding tert-OH is 2. The predicted octanol–water partition coefficient (Wildman–Crippen LogP) is 15.7. The van der Waals surface area contributed by atoms with Crippen LogP contribution in [0.15, 0.2) is 36.5 Å². The first-order valence-electron chi connectivity index (χ1n) is 26.2. The molecular weight excluding hydrogens is 743 g/mol. The summed E-state index contributed by atoms with van der Waals surface area (Å²) < 4.78 is 5.93. The monoisotopic (exact) mass is 844 g/mol. The van der Waals surface area contributed by atoms with E-state index in [1.165, 1.54) is 148 Å². The number of carbonyl (C=O) groups excluding carboxylic acids is 2. The molecule has 3 N–H and O–H groups in total. The van der Waals surface area contributed by atoms with E-state index in [0.29, 0.717) is 19.3 Å². The molecule has 0 bridgehead atoms. The molecule has 60 heavy (non-hydrogen) atoms. The maximum atomic E-state index is 13.2. The van der Waals surface area contributed by atoms with Crippen molar-refractivity contribution in [1.29, 1.82) is 0 Å². The minimum absolute atomic E-state index is 0.0725. The number of nitrogens with one attached hydrogen (secondary N) is 1. The minimum atomic E-state index is -0.788. The highest BCUT2D eigenvalue weighted by Gasteiger charge is 2.24. The largest absolute Gasteiger partial charge is 0.462 e. The van der Waals surface area contributed by atoms with Crippen LogP contribution in [-0.4, -0.2) is 46.9 Å². The second kappa shape index (κ2) is 48.1. The number of carbonyl (C=O) groups is 2. The average Bonchev–Trinajstić information content (AvgIpc) is 3.24. The van der Waals surface area contributed by atoms with Crippen LogP contribution in [0.25, 0.3) is 0 Å². The van der Waals surface area contributed by atoms with Crippen LogP contribution in [0.5, 0.6) is 0 Å². The van der Waals surface area contributed by atoms with E-state index in [2.05, 4.69) is 62.5 Å². The Balaban J connectivity index is 4.56.